The Hall–Kier alpha value is -3.24. The molecular weight excluding hydrogens is 378 g/mol. The second-order valence-corrected chi connectivity index (χ2v) is 6.38. The van der Waals surface area contributed by atoms with Crippen molar-refractivity contribution in [1.82, 2.24) is 19.5 Å². The van der Waals surface area contributed by atoms with Crippen molar-refractivity contribution < 1.29 is 19.0 Å². The Kier molecular flexibility index (Phi) is 6.93. The maximum absolute atomic E-state index is 12.0. The number of rotatable bonds is 10. The number of esters is 1. The van der Waals surface area contributed by atoms with Gasteiger partial charge < -0.3 is 19.9 Å². The second kappa shape index (κ2) is 9.80. The number of imidazole rings is 1. The van der Waals surface area contributed by atoms with Gasteiger partial charge in [-0.15, -0.1) is 0 Å². The van der Waals surface area contributed by atoms with Crippen LogP contribution in [-0.4, -0.2) is 51.9 Å². The van der Waals surface area contributed by atoms with E-state index < -0.39 is 11.7 Å². The third-order valence-corrected chi connectivity index (χ3v) is 4.19. The summed E-state index contributed by atoms with van der Waals surface area (Å²) in [6.07, 6.45) is 1.83. The van der Waals surface area contributed by atoms with Crippen LogP contribution in [0, 0.1) is 0 Å². The number of ether oxygens (including phenoxy) is 3. The number of hydrogen-bond acceptors (Lipinski definition) is 8. The smallest absolute Gasteiger partial charge is 0.306 e. The van der Waals surface area contributed by atoms with Crippen LogP contribution in [0.15, 0.2) is 41.5 Å². The number of aryl methyl sites for hydroxylation is 1. The first-order valence-corrected chi connectivity index (χ1v) is 9.07. The van der Waals surface area contributed by atoms with Crippen LogP contribution in [0.5, 0.6) is 0 Å². The largest absolute Gasteiger partial charge is 0.463 e. The van der Waals surface area contributed by atoms with Crippen LogP contribution in [0.3, 0.4) is 0 Å². The number of carbonyl (C=O) groups is 1. The first-order valence-electron chi connectivity index (χ1n) is 9.07. The van der Waals surface area contributed by atoms with Crippen LogP contribution in [0.25, 0.3) is 11.2 Å². The number of nitrogens with zero attached hydrogens (tertiary/aromatic N) is 3. The fourth-order valence-electron chi connectivity index (χ4n) is 2.73. The summed E-state index contributed by atoms with van der Waals surface area (Å²) in [7, 11) is 1.53. The molecule has 3 N–H and O–H groups in total. The van der Waals surface area contributed by atoms with Gasteiger partial charge in [-0.05, 0) is 12.0 Å². The lowest BCUT2D eigenvalue weighted by Crippen LogP contribution is -2.28. The van der Waals surface area contributed by atoms with Gasteiger partial charge in [-0.25, -0.2) is 4.98 Å². The Labute approximate surface area is 166 Å². The summed E-state index contributed by atoms with van der Waals surface area (Å²) in [5, 5.41) is 0. The van der Waals surface area contributed by atoms with Gasteiger partial charge in [0.25, 0.3) is 5.56 Å². The van der Waals surface area contributed by atoms with Crippen molar-refractivity contribution in [3.63, 3.8) is 0 Å². The Bertz CT molecular complexity index is 1000. The van der Waals surface area contributed by atoms with E-state index in [1.807, 2.05) is 30.3 Å². The van der Waals surface area contributed by atoms with E-state index in [1.165, 1.54) is 13.4 Å². The van der Waals surface area contributed by atoms with E-state index in [-0.39, 0.29) is 43.8 Å². The fourth-order valence-corrected chi connectivity index (χ4v) is 2.73. The summed E-state index contributed by atoms with van der Waals surface area (Å²) in [5.41, 5.74) is 6.70. The molecule has 3 aromatic rings. The zero-order valence-corrected chi connectivity index (χ0v) is 16.0. The maximum Gasteiger partial charge on any atom is 0.306 e. The lowest BCUT2D eigenvalue weighted by molar-refractivity contribution is -0.151. The number of aromatic nitrogens is 4. The maximum atomic E-state index is 12.0. The number of carbonyl (C=O) groups excluding carboxylic acids is 1. The van der Waals surface area contributed by atoms with Crippen LogP contribution in [0.1, 0.15) is 12.0 Å². The molecule has 0 spiro atoms. The minimum absolute atomic E-state index is 0.00922. The first-order chi connectivity index (χ1) is 14.1. The topological polar surface area (TPSA) is 134 Å². The van der Waals surface area contributed by atoms with Gasteiger partial charge in [-0.2, -0.15) is 4.98 Å². The standard InChI is InChI=1S/C19H23N5O5/c1-27-9-14(10-28-15(25)8-7-13-5-3-2-4-6-13)29-12-24-11-21-16-17(24)22-19(20)23-18(16)26/h2-6,11,14H,7-10,12H2,1H3,(H3,20,22,23,26). The fraction of sp³-hybridized carbons (Fsp3) is 0.368. The van der Waals surface area contributed by atoms with Crippen molar-refractivity contribution in [3.05, 3.63) is 52.6 Å². The van der Waals surface area contributed by atoms with Gasteiger partial charge in [0.2, 0.25) is 5.95 Å². The zero-order chi connectivity index (χ0) is 20.6. The Morgan fingerprint density at radius 1 is 1.28 bits per heavy atom. The predicted octanol–water partition coefficient (Wildman–Crippen LogP) is 0.867. The summed E-state index contributed by atoms with van der Waals surface area (Å²) in [4.78, 5) is 34.3. The molecule has 1 unspecified atom stereocenters. The molecule has 0 radical (unpaired) electrons. The monoisotopic (exact) mass is 401 g/mol. The van der Waals surface area contributed by atoms with Gasteiger partial charge in [-0.3, -0.25) is 19.1 Å². The van der Waals surface area contributed by atoms with E-state index in [0.717, 1.165) is 5.56 Å². The molecule has 2 aromatic heterocycles. The number of hydrogen-bond donors (Lipinski definition) is 2. The molecule has 0 fully saturated rings. The average molecular weight is 401 g/mol. The molecule has 1 aromatic carbocycles. The summed E-state index contributed by atoms with van der Waals surface area (Å²) in [6, 6.07) is 9.72. The normalized spacial score (nSPS) is 12.2. The first kappa shape index (κ1) is 20.5. The van der Waals surface area contributed by atoms with E-state index in [0.29, 0.717) is 12.1 Å². The molecule has 0 saturated carbocycles. The molecule has 0 aliphatic heterocycles. The number of H-pyrrole nitrogens is 1. The Morgan fingerprint density at radius 3 is 2.83 bits per heavy atom. The predicted molar refractivity (Wildman–Crippen MR) is 105 cm³/mol. The van der Waals surface area contributed by atoms with Crippen LogP contribution in [-0.2, 0) is 32.2 Å². The van der Waals surface area contributed by atoms with Crippen molar-refractivity contribution in [1.29, 1.82) is 0 Å². The van der Waals surface area contributed by atoms with Crippen LogP contribution < -0.4 is 11.3 Å². The van der Waals surface area contributed by atoms with E-state index >= 15 is 0 Å². The van der Waals surface area contributed by atoms with Crippen LogP contribution >= 0.6 is 0 Å². The number of anilines is 1. The number of methoxy groups -OCH3 is 1. The molecule has 0 aliphatic carbocycles. The van der Waals surface area contributed by atoms with E-state index in [1.54, 1.807) is 4.57 Å². The molecule has 10 nitrogen and oxygen atoms in total. The van der Waals surface area contributed by atoms with Gasteiger partial charge in [0.15, 0.2) is 11.2 Å². The number of benzene rings is 1. The molecule has 1 atom stereocenters. The molecule has 10 heteroatoms. The molecule has 0 aliphatic rings. The quantitative estimate of drug-likeness (QED) is 0.478. The van der Waals surface area contributed by atoms with Gasteiger partial charge in [0.1, 0.15) is 19.4 Å². The SMILES string of the molecule is COCC(COC(=O)CCc1ccccc1)OCn1cnc2c(=O)[nH]c(N)nc21. The van der Waals surface area contributed by atoms with Gasteiger partial charge in [0, 0.05) is 13.5 Å². The van der Waals surface area contributed by atoms with E-state index in [9.17, 15) is 9.59 Å². The number of nitrogens with one attached hydrogen (secondary N) is 1. The molecule has 0 amide bonds. The number of fused-ring (bicyclic) bond motifs is 1. The van der Waals surface area contributed by atoms with E-state index in [2.05, 4.69) is 15.0 Å². The lowest BCUT2D eigenvalue weighted by atomic mass is 10.1. The third-order valence-electron chi connectivity index (χ3n) is 4.19. The highest BCUT2D eigenvalue weighted by atomic mass is 16.6. The summed E-state index contributed by atoms with van der Waals surface area (Å²) >= 11 is 0. The number of nitrogens with two attached hydrogens (primary N) is 1. The molecule has 0 bridgehead atoms. The number of aromatic amines is 1. The second-order valence-electron chi connectivity index (χ2n) is 6.38. The zero-order valence-electron chi connectivity index (χ0n) is 16.0. The lowest BCUT2D eigenvalue weighted by Gasteiger charge is -2.17. The summed E-state index contributed by atoms with van der Waals surface area (Å²) in [6.45, 7) is 0.320. The van der Waals surface area contributed by atoms with Crippen molar-refractivity contribution in [3.8, 4) is 0 Å². The highest BCUT2D eigenvalue weighted by Gasteiger charge is 2.15. The van der Waals surface area contributed by atoms with Gasteiger partial charge >= 0.3 is 5.97 Å². The molecule has 3 rings (SSSR count). The van der Waals surface area contributed by atoms with E-state index in [4.69, 9.17) is 19.9 Å². The summed E-state index contributed by atoms with van der Waals surface area (Å²) in [5.74, 6) is -0.322. The molecule has 154 valence electrons. The Morgan fingerprint density at radius 2 is 2.07 bits per heavy atom. The summed E-state index contributed by atoms with van der Waals surface area (Å²) < 4.78 is 17.7. The van der Waals surface area contributed by atoms with Crippen LogP contribution in [0.4, 0.5) is 5.95 Å². The van der Waals surface area contributed by atoms with Crippen molar-refractivity contribution in [2.45, 2.75) is 25.7 Å². The van der Waals surface area contributed by atoms with Gasteiger partial charge in [-0.1, -0.05) is 30.3 Å². The molecular formula is C19H23N5O5. The van der Waals surface area contributed by atoms with Crippen molar-refractivity contribution >= 4 is 23.1 Å². The number of nitrogen functional groups attached to an aromatic ring is 1. The highest BCUT2D eigenvalue weighted by Crippen LogP contribution is 2.08. The van der Waals surface area contributed by atoms with Crippen molar-refractivity contribution in [2.75, 3.05) is 26.1 Å². The van der Waals surface area contributed by atoms with Gasteiger partial charge in [0.05, 0.1) is 12.9 Å². The molecule has 29 heavy (non-hydrogen) atoms. The average Bonchev–Trinajstić information content (AvgIpc) is 3.12. The molecule has 2 heterocycles. The minimum Gasteiger partial charge on any atom is -0.463 e. The van der Waals surface area contributed by atoms with Crippen molar-refractivity contribution in [2.24, 2.45) is 0 Å². The third kappa shape index (κ3) is 5.62. The molecule has 0 saturated heterocycles. The minimum atomic E-state index is -0.488. The van der Waals surface area contributed by atoms with Crippen LogP contribution in [0.2, 0.25) is 0 Å². The highest BCUT2D eigenvalue weighted by molar-refractivity contribution is 5.70. The Balaban J connectivity index is 1.52.